The van der Waals surface area contributed by atoms with E-state index in [1.165, 1.54) is 42.8 Å². The minimum atomic E-state index is -3.83. The van der Waals surface area contributed by atoms with Crippen LogP contribution in [0.25, 0.3) is 0 Å². The standard InChI is InChI=1S/C20H23ClN2O5S/c1-27-16-11-15(12-17(13-16)28-2)22-20(24)19-5-3-4-10-23(19)29(25,26)18-8-6-14(21)7-9-18/h6-9,11-13,19H,3-5,10H2,1-2H3,(H,22,24). The third-order valence-corrected chi connectivity index (χ3v) is 6.97. The van der Waals surface area contributed by atoms with E-state index in [4.69, 9.17) is 21.1 Å². The van der Waals surface area contributed by atoms with Gasteiger partial charge in [-0.25, -0.2) is 8.42 Å². The van der Waals surface area contributed by atoms with Crippen molar-refractivity contribution in [3.05, 3.63) is 47.5 Å². The quantitative estimate of drug-likeness (QED) is 0.745. The number of nitrogens with one attached hydrogen (secondary N) is 1. The number of amides is 1. The summed E-state index contributed by atoms with van der Waals surface area (Å²) >= 11 is 5.87. The molecule has 1 atom stereocenters. The zero-order valence-electron chi connectivity index (χ0n) is 16.2. The van der Waals surface area contributed by atoms with E-state index >= 15 is 0 Å². The Balaban J connectivity index is 1.86. The van der Waals surface area contributed by atoms with Gasteiger partial charge in [-0.1, -0.05) is 18.0 Å². The molecular formula is C20H23ClN2O5S. The Morgan fingerprint density at radius 3 is 2.28 bits per heavy atom. The van der Waals surface area contributed by atoms with Crippen LogP contribution in [0.3, 0.4) is 0 Å². The lowest BCUT2D eigenvalue weighted by molar-refractivity contribution is -0.120. The molecule has 0 spiro atoms. The highest BCUT2D eigenvalue weighted by Crippen LogP contribution is 2.29. The number of hydrogen-bond acceptors (Lipinski definition) is 5. The smallest absolute Gasteiger partial charge is 0.243 e. The van der Waals surface area contributed by atoms with Gasteiger partial charge in [-0.2, -0.15) is 4.31 Å². The van der Waals surface area contributed by atoms with E-state index in [1.54, 1.807) is 18.2 Å². The van der Waals surface area contributed by atoms with Gasteiger partial charge in [0.2, 0.25) is 15.9 Å². The first-order chi connectivity index (χ1) is 13.8. The van der Waals surface area contributed by atoms with Gasteiger partial charge in [0.05, 0.1) is 19.1 Å². The average molecular weight is 439 g/mol. The molecule has 29 heavy (non-hydrogen) atoms. The van der Waals surface area contributed by atoms with Crippen molar-refractivity contribution >= 4 is 33.2 Å². The maximum Gasteiger partial charge on any atom is 0.243 e. The molecule has 0 aliphatic carbocycles. The van der Waals surface area contributed by atoms with Gasteiger partial charge in [0.15, 0.2) is 0 Å². The molecule has 2 aromatic rings. The monoisotopic (exact) mass is 438 g/mol. The zero-order chi connectivity index (χ0) is 21.0. The van der Waals surface area contributed by atoms with Gasteiger partial charge < -0.3 is 14.8 Å². The second kappa shape index (κ2) is 9.02. The molecule has 1 unspecified atom stereocenters. The van der Waals surface area contributed by atoms with Crippen LogP contribution in [0.5, 0.6) is 11.5 Å². The highest BCUT2D eigenvalue weighted by atomic mass is 35.5. The molecule has 0 bridgehead atoms. The fraction of sp³-hybridized carbons (Fsp3) is 0.350. The molecule has 156 valence electrons. The predicted molar refractivity (Wildman–Crippen MR) is 111 cm³/mol. The Bertz CT molecular complexity index is 957. The number of hydrogen-bond donors (Lipinski definition) is 1. The van der Waals surface area contributed by atoms with Gasteiger partial charge in [0, 0.05) is 35.5 Å². The Morgan fingerprint density at radius 2 is 1.69 bits per heavy atom. The van der Waals surface area contributed by atoms with Crippen LogP contribution in [0.1, 0.15) is 19.3 Å². The fourth-order valence-electron chi connectivity index (χ4n) is 3.30. The molecule has 1 N–H and O–H groups in total. The molecule has 0 radical (unpaired) electrons. The van der Waals surface area contributed by atoms with E-state index in [9.17, 15) is 13.2 Å². The number of nitrogens with zero attached hydrogens (tertiary/aromatic N) is 1. The minimum absolute atomic E-state index is 0.115. The second-order valence-electron chi connectivity index (χ2n) is 6.67. The van der Waals surface area contributed by atoms with Gasteiger partial charge in [-0.15, -0.1) is 0 Å². The summed E-state index contributed by atoms with van der Waals surface area (Å²) in [5.41, 5.74) is 0.473. The summed E-state index contributed by atoms with van der Waals surface area (Å²) in [7, 11) is -0.795. The van der Waals surface area contributed by atoms with Crippen molar-refractivity contribution < 1.29 is 22.7 Å². The molecule has 7 nitrogen and oxygen atoms in total. The largest absolute Gasteiger partial charge is 0.497 e. The number of benzene rings is 2. The first-order valence-corrected chi connectivity index (χ1v) is 11.0. The number of carbonyl (C=O) groups is 1. The van der Waals surface area contributed by atoms with Crippen molar-refractivity contribution in [2.45, 2.75) is 30.2 Å². The topological polar surface area (TPSA) is 84.9 Å². The van der Waals surface area contributed by atoms with Crippen molar-refractivity contribution in [2.24, 2.45) is 0 Å². The van der Waals surface area contributed by atoms with Gasteiger partial charge in [-0.05, 0) is 37.1 Å². The second-order valence-corrected chi connectivity index (χ2v) is 9.00. The molecule has 1 aliphatic heterocycles. The average Bonchev–Trinajstić information content (AvgIpc) is 2.73. The molecule has 1 fully saturated rings. The number of rotatable bonds is 6. The number of methoxy groups -OCH3 is 2. The van der Waals surface area contributed by atoms with Gasteiger partial charge in [0.25, 0.3) is 0 Å². The summed E-state index contributed by atoms with van der Waals surface area (Å²) < 4.78 is 38.0. The highest BCUT2D eigenvalue weighted by Gasteiger charge is 2.37. The first kappa shape index (κ1) is 21.4. The first-order valence-electron chi connectivity index (χ1n) is 9.16. The fourth-order valence-corrected chi connectivity index (χ4v) is 5.08. The molecule has 1 saturated heterocycles. The van der Waals surface area contributed by atoms with Crippen molar-refractivity contribution in [1.29, 1.82) is 0 Å². The number of anilines is 1. The molecule has 1 aliphatic rings. The maximum atomic E-state index is 13.1. The zero-order valence-corrected chi connectivity index (χ0v) is 17.8. The highest BCUT2D eigenvalue weighted by molar-refractivity contribution is 7.89. The number of halogens is 1. The van der Waals surface area contributed by atoms with E-state index in [2.05, 4.69) is 5.32 Å². The van der Waals surface area contributed by atoms with Crippen LogP contribution in [-0.4, -0.2) is 45.4 Å². The minimum Gasteiger partial charge on any atom is -0.497 e. The van der Waals surface area contributed by atoms with E-state index in [1.807, 2.05) is 0 Å². The molecule has 0 saturated carbocycles. The molecule has 3 rings (SSSR count). The Morgan fingerprint density at radius 1 is 1.07 bits per heavy atom. The lowest BCUT2D eigenvalue weighted by Gasteiger charge is -2.33. The van der Waals surface area contributed by atoms with E-state index < -0.39 is 22.0 Å². The Labute approximate surface area is 175 Å². The van der Waals surface area contributed by atoms with Crippen LogP contribution < -0.4 is 14.8 Å². The Hall–Kier alpha value is -2.29. The van der Waals surface area contributed by atoms with Crippen LogP contribution in [0.4, 0.5) is 5.69 Å². The van der Waals surface area contributed by atoms with Gasteiger partial charge >= 0.3 is 0 Å². The van der Waals surface area contributed by atoms with E-state index in [0.29, 0.717) is 35.1 Å². The van der Waals surface area contributed by atoms with Crippen molar-refractivity contribution in [1.82, 2.24) is 4.31 Å². The summed E-state index contributed by atoms with van der Waals surface area (Å²) in [6.07, 6.45) is 1.91. The third kappa shape index (κ3) is 4.83. The maximum absolute atomic E-state index is 13.1. The SMILES string of the molecule is COc1cc(NC(=O)C2CCCCN2S(=O)(=O)c2ccc(Cl)cc2)cc(OC)c1. The van der Waals surface area contributed by atoms with Crippen LogP contribution in [0, 0.1) is 0 Å². The number of carbonyl (C=O) groups excluding carboxylic acids is 1. The number of sulfonamides is 1. The van der Waals surface area contributed by atoms with Gasteiger partial charge in [0.1, 0.15) is 17.5 Å². The summed E-state index contributed by atoms with van der Waals surface area (Å²) in [5, 5.41) is 3.25. The van der Waals surface area contributed by atoms with Crippen LogP contribution >= 0.6 is 11.6 Å². The van der Waals surface area contributed by atoms with Crippen LogP contribution in [0.15, 0.2) is 47.4 Å². The molecule has 2 aromatic carbocycles. The Kier molecular flexibility index (Phi) is 6.66. The van der Waals surface area contributed by atoms with Gasteiger partial charge in [-0.3, -0.25) is 4.79 Å². The van der Waals surface area contributed by atoms with Crippen LogP contribution in [0.2, 0.25) is 5.02 Å². The van der Waals surface area contributed by atoms with Crippen molar-refractivity contribution in [3.63, 3.8) is 0 Å². The van der Waals surface area contributed by atoms with E-state index in [0.717, 1.165) is 6.42 Å². The predicted octanol–water partition coefficient (Wildman–Crippen LogP) is 3.54. The molecule has 1 heterocycles. The van der Waals surface area contributed by atoms with Crippen molar-refractivity contribution in [3.8, 4) is 11.5 Å². The van der Waals surface area contributed by atoms with E-state index in [-0.39, 0.29) is 11.4 Å². The molecule has 0 aromatic heterocycles. The van der Waals surface area contributed by atoms with Crippen LogP contribution in [-0.2, 0) is 14.8 Å². The summed E-state index contributed by atoms with van der Waals surface area (Å²) in [6, 6.07) is 10.1. The van der Waals surface area contributed by atoms with Crippen molar-refractivity contribution in [2.75, 3.05) is 26.1 Å². The molecule has 9 heteroatoms. The lowest BCUT2D eigenvalue weighted by atomic mass is 10.0. The normalized spacial score (nSPS) is 17.6. The number of piperidine rings is 1. The molecule has 1 amide bonds. The summed E-state index contributed by atoms with van der Waals surface area (Å²) in [5.74, 6) is 0.653. The molecular weight excluding hydrogens is 416 g/mol. The lowest BCUT2D eigenvalue weighted by Crippen LogP contribution is -2.49. The summed E-state index contributed by atoms with van der Waals surface area (Å²) in [6.45, 7) is 0.282. The summed E-state index contributed by atoms with van der Waals surface area (Å²) in [4.78, 5) is 13.1. The number of ether oxygens (including phenoxy) is 2. The third-order valence-electron chi connectivity index (χ3n) is 4.80.